The van der Waals surface area contributed by atoms with Crippen molar-refractivity contribution < 1.29 is 18.0 Å². The van der Waals surface area contributed by atoms with Crippen LogP contribution in [0.25, 0.3) is 10.9 Å². The molecule has 0 aliphatic heterocycles. The molecule has 1 aromatic heterocycles. The van der Waals surface area contributed by atoms with Crippen LogP contribution in [0.2, 0.25) is 0 Å². The highest BCUT2D eigenvalue weighted by Crippen LogP contribution is 2.29. The summed E-state index contributed by atoms with van der Waals surface area (Å²) in [5, 5.41) is 5.09. The molecule has 0 atom stereocenters. The molecule has 0 fully saturated rings. The Hall–Kier alpha value is -2.35. The van der Waals surface area contributed by atoms with E-state index >= 15 is 0 Å². The van der Waals surface area contributed by atoms with E-state index in [0.717, 1.165) is 22.1 Å². The topological polar surface area (TPSA) is 38.1 Å². The molecule has 0 unspecified atom stereocenters. The Morgan fingerprint density at radius 2 is 1.81 bits per heavy atom. The lowest BCUT2D eigenvalue weighted by Crippen LogP contribution is -2.22. The Bertz CT molecular complexity index is 962. The maximum absolute atomic E-state index is 12.7. The molecule has 8 heteroatoms. The molecule has 2 aromatic carbocycles. The zero-order chi connectivity index (χ0) is 19.1. The first-order chi connectivity index (χ1) is 12.2. The Kier molecular flexibility index (Phi) is 4.79. The number of carbonyl (C=O) groups is 1. The third-order valence-corrected chi connectivity index (χ3v) is 4.43. The number of hydrogen-bond donors (Lipinski definition) is 0. The molecule has 0 aliphatic rings. The molecule has 0 bridgehead atoms. The second kappa shape index (κ2) is 6.75. The van der Waals surface area contributed by atoms with Gasteiger partial charge in [-0.15, -0.1) is 0 Å². The van der Waals surface area contributed by atoms with Crippen molar-refractivity contribution in [3.63, 3.8) is 0 Å². The minimum absolute atomic E-state index is 0.237. The Morgan fingerprint density at radius 3 is 2.38 bits per heavy atom. The molecule has 136 valence electrons. The average molecular weight is 426 g/mol. The summed E-state index contributed by atoms with van der Waals surface area (Å²) in [7, 11) is 3.28. The number of hydrogen-bond acceptors (Lipinski definition) is 2. The molecule has 1 heterocycles. The van der Waals surface area contributed by atoms with E-state index in [1.54, 1.807) is 18.8 Å². The molecule has 0 spiro atoms. The van der Waals surface area contributed by atoms with Gasteiger partial charge in [-0.05, 0) is 35.9 Å². The largest absolute Gasteiger partial charge is 0.416 e. The third kappa shape index (κ3) is 3.60. The van der Waals surface area contributed by atoms with Crippen LogP contribution in [0.15, 0.2) is 46.9 Å². The number of rotatable bonds is 3. The van der Waals surface area contributed by atoms with Gasteiger partial charge in [0, 0.05) is 24.0 Å². The smallest absolute Gasteiger partial charge is 0.343 e. The summed E-state index contributed by atoms with van der Waals surface area (Å²) in [5.41, 5.74) is 1.00. The maximum Gasteiger partial charge on any atom is 0.416 e. The van der Waals surface area contributed by atoms with Gasteiger partial charge in [-0.1, -0.05) is 28.1 Å². The lowest BCUT2D eigenvalue weighted by Gasteiger charge is -2.08. The Balaban J connectivity index is 2.01. The monoisotopic (exact) mass is 425 g/mol. The Labute approximate surface area is 156 Å². The van der Waals surface area contributed by atoms with Gasteiger partial charge in [-0.3, -0.25) is 9.48 Å². The molecule has 26 heavy (non-hydrogen) atoms. The van der Waals surface area contributed by atoms with Crippen LogP contribution in [-0.4, -0.2) is 34.7 Å². The first-order valence-corrected chi connectivity index (χ1v) is 8.50. The number of fused-ring (bicyclic) bond motifs is 1. The summed E-state index contributed by atoms with van der Waals surface area (Å²) in [4.78, 5) is 13.8. The number of halogens is 4. The summed E-state index contributed by atoms with van der Waals surface area (Å²) in [5.74, 6) is -0.237. The predicted molar refractivity (Wildman–Crippen MR) is 96.0 cm³/mol. The van der Waals surface area contributed by atoms with Crippen LogP contribution in [0.5, 0.6) is 0 Å². The van der Waals surface area contributed by atoms with Crippen LogP contribution < -0.4 is 0 Å². The summed E-state index contributed by atoms with van der Waals surface area (Å²) < 4.78 is 40.5. The van der Waals surface area contributed by atoms with Crippen molar-refractivity contribution in [2.75, 3.05) is 14.1 Å². The number of carbonyl (C=O) groups excluding carboxylic acids is 1. The first-order valence-electron chi connectivity index (χ1n) is 7.70. The lowest BCUT2D eigenvalue weighted by atomic mass is 10.1. The fourth-order valence-electron chi connectivity index (χ4n) is 2.61. The second-order valence-electron chi connectivity index (χ2n) is 6.06. The van der Waals surface area contributed by atoms with Crippen LogP contribution in [0.1, 0.15) is 21.6 Å². The van der Waals surface area contributed by atoms with Gasteiger partial charge in [0.2, 0.25) is 0 Å². The van der Waals surface area contributed by atoms with E-state index in [1.165, 1.54) is 17.0 Å². The highest BCUT2D eigenvalue weighted by Gasteiger charge is 2.30. The van der Waals surface area contributed by atoms with E-state index in [4.69, 9.17) is 0 Å². The predicted octanol–water partition coefficient (Wildman–Crippen LogP) is 4.57. The second-order valence-corrected chi connectivity index (χ2v) is 6.98. The molecule has 0 N–H and O–H groups in total. The molecule has 0 saturated heterocycles. The molecular formula is C18H15BrF3N3O. The van der Waals surface area contributed by atoms with E-state index < -0.39 is 11.7 Å². The fourth-order valence-corrected chi connectivity index (χ4v) is 2.97. The van der Waals surface area contributed by atoms with Gasteiger partial charge in [0.05, 0.1) is 17.6 Å². The van der Waals surface area contributed by atoms with Crippen molar-refractivity contribution in [1.82, 2.24) is 14.7 Å². The van der Waals surface area contributed by atoms with E-state index in [1.807, 2.05) is 18.2 Å². The highest BCUT2D eigenvalue weighted by atomic mass is 79.9. The number of alkyl halides is 3. The van der Waals surface area contributed by atoms with Crippen LogP contribution >= 0.6 is 15.9 Å². The number of aromatic nitrogens is 2. The first kappa shape index (κ1) is 18.4. The standard InChI is InChI=1S/C18H15BrF3N3O/c1-24(2)17(26)16-14-9-13(19)7-8-15(14)25(23-16)10-11-3-5-12(6-4-11)18(20,21)22/h3-9H,10H2,1-2H3. The normalized spacial score (nSPS) is 11.8. The van der Waals surface area contributed by atoms with Crippen LogP contribution in [0.3, 0.4) is 0 Å². The minimum atomic E-state index is -4.37. The summed E-state index contributed by atoms with van der Waals surface area (Å²) in [6, 6.07) is 10.4. The highest BCUT2D eigenvalue weighted by molar-refractivity contribution is 9.10. The zero-order valence-corrected chi connectivity index (χ0v) is 15.6. The van der Waals surface area contributed by atoms with E-state index in [9.17, 15) is 18.0 Å². The van der Waals surface area contributed by atoms with E-state index in [0.29, 0.717) is 16.6 Å². The maximum atomic E-state index is 12.7. The van der Waals surface area contributed by atoms with Crippen molar-refractivity contribution in [2.45, 2.75) is 12.7 Å². The molecule has 0 radical (unpaired) electrons. The molecule has 3 rings (SSSR count). The number of amides is 1. The quantitative estimate of drug-likeness (QED) is 0.616. The molecule has 3 aromatic rings. The van der Waals surface area contributed by atoms with Gasteiger partial charge >= 0.3 is 6.18 Å². The molecular weight excluding hydrogens is 411 g/mol. The van der Waals surface area contributed by atoms with Crippen molar-refractivity contribution >= 4 is 32.7 Å². The SMILES string of the molecule is CN(C)C(=O)c1nn(Cc2ccc(C(F)(F)F)cc2)c2ccc(Br)cc12. The minimum Gasteiger partial charge on any atom is -0.343 e. The van der Waals surface area contributed by atoms with Crippen molar-refractivity contribution in [3.8, 4) is 0 Å². The van der Waals surface area contributed by atoms with Crippen LogP contribution in [0.4, 0.5) is 13.2 Å². The van der Waals surface area contributed by atoms with Crippen molar-refractivity contribution in [1.29, 1.82) is 0 Å². The lowest BCUT2D eigenvalue weighted by molar-refractivity contribution is -0.137. The van der Waals surface area contributed by atoms with Gasteiger partial charge in [-0.2, -0.15) is 18.3 Å². The van der Waals surface area contributed by atoms with E-state index in [2.05, 4.69) is 21.0 Å². The fraction of sp³-hybridized carbons (Fsp3) is 0.222. The van der Waals surface area contributed by atoms with Gasteiger partial charge in [0.15, 0.2) is 5.69 Å². The van der Waals surface area contributed by atoms with Gasteiger partial charge in [-0.25, -0.2) is 0 Å². The summed E-state index contributed by atoms with van der Waals surface area (Å²) >= 11 is 3.39. The molecule has 1 amide bonds. The summed E-state index contributed by atoms with van der Waals surface area (Å²) in [6.45, 7) is 0.261. The number of benzene rings is 2. The third-order valence-electron chi connectivity index (χ3n) is 3.93. The van der Waals surface area contributed by atoms with Gasteiger partial charge in [0.25, 0.3) is 5.91 Å². The number of nitrogens with zero attached hydrogens (tertiary/aromatic N) is 3. The zero-order valence-electron chi connectivity index (χ0n) is 14.0. The molecule has 0 saturated carbocycles. The average Bonchev–Trinajstić information content (AvgIpc) is 2.91. The van der Waals surface area contributed by atoms with Gasteiger partial charge < -0.3 is 4.90 Å². The molecule has 4 nitrogen and oxygen atoms in total. The van der Waals surface area contributed by atoms with Gasteiger partial charge in [0.1, 0.15) is 0 Å². The van der Waals surface area contributed by atoms with Crippen LogP contribution in [-0.2, 0) is 12.7 Å². The van der Waals surface area contributed by atoms with Crippen molar-refractivity contribution in [2.24, 2.45) is 0 Å². The Morgan fingerprint density at radius 1 is 1.15 bits per heavy atom. The van der Waals surface area contributed by atoms with Crippen LogP contribution in [0, 0.1) is 0 Å². The van der Waals surface area contributed by atoms with Crippen molar-refractivity contribution in [3.05, 3.63) is 63.8 Å². The van der Waals surface area contributed by atoms with E-state index in [-0.39, 0.29) is 12.5 Å². The molecule has 0 aliphatic carbocycles. The summed E-state index contributed by atoms with van der Waals surface area (Å²) in [6.07, 6.45) is -4.37.